The molecular weight excluding hydrogens is 270 g/mol. The van der Waals surface area contributed by atoms with Crippen LogP contribution < -0.4 is 10.1 Å². The zero-order valence-corrected chi connectivity index (χ0v) is 11.6. The van der Waals surface area contributed by atoms with E-state index in [1.54, 1.807) is 18.2 Å². The second-order valence-electron chi connectivity index (χ2n) is 5.11. The Morgan fingerprint density at radius 2 is 1.86 bits per heavy atom. The number of methoxy groups -OCH3 is 1. The van der Waals surface area contributed by atoms with Crippen LogP contribution in [0.4, 0.5) is 0 Å². The van der Waals surface area contributed by atoms with Crippen LogP contribution in [-0.2, 0) is 6.54 Å². The fraction of sp³-hybridized carbons (Fsp3) is 0.250. The number of hydrogen-bond donors (Lipinski definition) is 4. The molecule has 5 heteroatoms. The molecule has 0 saturated heterocycles. The summed E-state index contributed by atoms with van der Waals surface area (Å²) in [4.78, 5) is 0. The average Bonchev–Trinajstić information content (AvgIpc) is 2.48. The summed E-state index contributed by atoms with van der Waals surface area (Å²) < 4.78 is 5.13. The van der Waals surface area contributed by atoms with Crippen LogP contribution in [0.15, 0.2) is 30.3 Å². The lowest BCUT2D eigenvalue weighted by molar-refractivity contribution is 0.366. The van der Waals surface area contributed by atoms with Gasteiger partial charge < -0.3 is 25.4 Å². The average molecular weight is 287 g/mol. The van der Waals surface area contributed by atoms with Crippen LogP contribution in [0.25, 0.3) is 0 Å². The first kappa shape index (κ1) is 13.6. The predicted molar refractivity (Wildman–Crippen MR) is 78.0 cm³/mol. The number of rotatable bonds is 2. The number of phenols is 3. The Bertz CT molecular complexity index is 684. The topological polar surface area (TPSA) is 82.0 Å². The van der Waals surface area contributed by atoms with E-state index >= 15 is 0 Å². The van der Waals surface area contributed by atoms with Crippen molar-refractivity contribution in [3.8, 4) is 23.0 Å². The van der Waals surface area contributed by atoms with E-state index in [2.05, 4.69) is 5.32 Å². The first-order valence-corrected chi connectivity index (χ1v) is 6.73. The smallest absolute Gasteiger partial charge is 0.162 e. The summed E-state index contributed by atoms with van der Waals surface area (Å²) >= 11 is 0. The minimum Gasteiger partial charge on any atom is -0.508 e. The maximum absolute atomic E-state index is 10.2. The third kappa shape index (κ3) is 2.25. The quantitative estimate of drug-likeness (QED) is 0.679. The molecule has 0 amide bonds. The van der Waals surface area contributed by atoms with Crippen molar-refractivity contribution in [2.45, 2.75) is 12.5 Å². The molecule has 110 valence electrons. The van der Waals surface area contributed by atoms with E-state index in [-0.39, 0.29) is 23.2 Å². The fourth-order valence-corrected chi connectivity index (χ4v) is 2.86. The Hall–Kier alpha value is -2.40. The monoisotopic (exact) mass is 287 g/mol. The molecule has 0 aromatic heterocycles. The van der Waals surface area contributed by atoms with Gasteiger partial charge in [-0.2, -0.15) is 0 Å². The Balaban J connectivity index is 2.10. The van der Waals surface area contributed by atoms with E-state index in [4.69, 9.17) is 4.74 Å². The van der Waals surface area contributed by atoms with Crippen molar-refractivity contribution in [1.29, 1.82) is 0 Å². The van der Waals surface area contributed by atoms with Crippen molar-refractivity contribution in [1.82, 2.24) is 5.32 Å². The van der Waals surface area contributed by atoms with Gasteiger partial charge in [0.15, 0.2) is 11.5 Å². The number of benzene rings is 2. The summed E-state index contributed by atoms with van der Waals surface area (Å²) in [6, 6.07) is 8.21. The molecule has 1 atom stereocenters. The SMILES string of the molecule is COc1ccc2c(c1O)CNCC2c1ccc(O)cc1O. The minimum atomic E-state index is -0.0915. The Kier molecular flexibility index (Phi) is 3.35. The van der Waals surface area contributed by atoms with Gasteiger partial charge in [-0.3, -0.25) is 0 Å². The van der Waals surface area contributed by atoms with Gasteiger partial charge in [0, 0.05) is 36.2 Å². The van der Waals surface area contributed by atoms with Crippen molar-refractivity contribution >= 4 is 0 Å². The summed E-state index contributed by atoms with van der Waals surface area (Å²) in [5, 5.41) is 33.0. The summed E-state index contributed by atoms with van der Waals surface area (Å²) in [5.74, 6) is 0.547. The second kappa shape index (κ2) is 5.18. The molecule has 0 fully saturated rings. The molecule has 5 nitrogen and oxygen atoms in total. The molecule has 21 heavy (non-hydrogen) atoms. The number of hydrogen-bond acceptors (Lipinski definition) is 5. The van der Waals surface area contributed by atoms with Crippen molar-refractivity contribution in [3.05, 3.63) is 47.0 Å². The summed E-state index contributed by atoms with van der Waals surface area (Å²) in [7, 11) is 1.51. The van der Waals surface area contributed by atoms with Gasteiger partial charge in [-0.05, 0) is 17.7 Å². The van der Waals surface area contributed by atoms with Crippen molar-refractivity contribution < 1.29 is 20.1 Å². The van der Waals surface area contributed by atoms with E-state index in [9.17, 15) is 15.3 Å². The molecule has 0 spiro atoms. The molecule has 0 bridgehead atoms. The van der Waals surface area contributed by atoms with Gasteiger partial charge in [0.05, 0.1) is 7.11 Å². The highest BCUT2D eigenvalue weighted by Crippen LogP contribution is 2.41. The zero-order chi connectivity index (χ0) is 15.0. The van der Waals surface area contributed by atoms with Crippen LogP contribution in [0.3, 0.4) is 0 Å². The van der Waals surface area contributed by atoms with Gasteiger partial charge in [0.25, 0.3) is 0 Å². The molecule has 1 aliphatic heterocycles. The molecule has 1 aliphatic rings. The van der Waals surface area contributed by atoms with Crippen LogP contribution in [-0.4, -0.2) is 29.0 Å². The molecule has 1 heterocycles. The van der Waals surface area contributed by atoms with Crippen molar-refractivity contribution in [2.75, 3.05) is 13.7 Å². The molecule has 1 unspecified atom stereocenters. The van der Waals surface area contributed by atoms with Crippen LogP contribution in [0, 0.1) is 0 Å². The molecule has 0 aliphatic carbocycles. The zero-order valence-electron chi connectivity index (χ0n) is 11.6. The highest BCUT2D eigenvalue weighted by atomic mass is 16.5. The number of fused-ring (bicyclic) bond motifs is 1. The number of nitrogens with one attached hydrogen (secondary N) is 1. The Morgan fingerprint density at radius 1 is 1.10 bits per heavy atom. The first-order valence-electron chi connectivity index (χ1n) is 6.73. The number of ether oxygens (including phenoxy) is 1. The van der Waals surface area contributed by atoms with Crippen LogP contribution in [0.2, 0.25) is 0 Å². The van der Waals surface area contributed by atoms with E-state index in [0.29, 0.717) is 24.4 Å². The summed E-state index contributed by atoms with van der Waals surface area (Å²) in [6.07, 6.45) is 0. The van der Waals surface area contributed by atoms with Gasteiger partial charge in [-0.1, -0.05) is 12.1 Å². The third-order valence-corrected chi connectivity index (χ3v) is 3.92. The molecule has 2 aromatic carbocycles. The molecule has 0 saturated carbocycles. The van der Waals surface area contributed by atoms with Crippen LogP contribution in [0.1, 0.15) is 22.6 Å². The van der Waals surface area contributed by atoms with Gasteiger partial charge in [-0.15, -0.1) is 0 Å². The van der Waals surface area contributed by atoms with Crippen LogP contribution in [0.5, 0.6) is 23.0 Å². The molecule has 2 aromatic rings. The predicted octanol–water partition coefficient (Wildman–Crippen LogP) is 2.05. The van der Waals surface area contributed by atoms with E-state index in [1.165, 1.54) is 13.2 Å². The molecule has 0 radical (unpaired) electrons. The lowest BCUT2D eigenvalue weighted by Gasteiger charge is -2.28. The number of phenolic OH excluding ortho intramolecular Hbond substituents is 3. The van der Waals surface area contributed by atoms with E-state index in [1.807, 2.05) is 6.07 Å². The Labute approximate surface area is 122 Å². The summed E-state index contributed by atoms with van der Waals surface area (Å²) in [6.45, 7) is 1.20. The lowest BCUT2D eigenvalue weighted by atomic mass is 9.84. The molecule has 4 N–H and O–H groups in total. The number of aromatic hydroxyl groups is 3. The minimum absolute atomic E-state index is 0.0258. The summed E-state index contributed by atoms with van der Waals surface area (Å²) in [5.41, 5.74) is 2.44. The fourth-order valence-electron chi connectivity index (χ4n) is 2.86. The van der Waals surface area contributed by atoms with Crippen molar-refractivity contribution in [3.63, 3.8) is 0 Å². The molecule has 3 rings (SSSR count). The van der Waals surface area contributed by atoms with Gasteiger partial charge in [-0.25, -0.2) is 0 Å². The highest BCUT2D eigenvalue weighted by molar-refractivity contribution is 5.55. The largest absolute Gasteiger partial charge is 0.508 e. The maximum Gasteiger partial charge on any atom is 0.162 e. The van der Waals surface area contributed by atoms with E-state index in [0.717, 1.165) is 11.1 Å². The Morgan fingerprint density at radius 3 is 2.57 bits per heavy atom. The third-order valence-electron chi connectivity index (χ3n) is 3.92. The highest BCUT2D eigenvalue weighted by Gasteiger charge is 2.27. The van der Waals surface area contributed by atoms with Crippen LogP contribution >= 0.6 is 0 Å². The maximum atomic E-state index is 10.2. The lowest BCUT2D eigenvalue weighted by Crippen LogP contribution is -2.29. The van der Waals surface area contributed by atoms with E-state index < -0.39 is 0 Å². The second-order valence-corrected chi connectivity index (χ2v) is 5.11. The van der Waals surface area contributed by atoms with Crippen molar-refractivity contribution in [2.24, 2.45) is 0 Å². The standard InChI is InChI=1S/C16H17NO4/c1-21-15-5-4-10-12(7-17-8-13(10)16(15)20)11-3-2-9(18)6-14(11)19/h2-6,12,17-20H,7-8H2,1H3. The van der Waals surface area contributed by atoms with Gasteiger partial charge >= 0.3 is 0 Å². The van der Waals surface area contributed by atoms with Gasteiger partial charge in [0.2, 0.25) is 0 Å². The normalized spacial score (nSPS) is 17.3. The molecular formula is C16H17NO4. The first-order chi connectivity index (χ1) is 10.1. The van der Waals surface area contributed by atoms with Gasteiger partial charge in [0.1, 0.15) is 11.5 Å².